The number of urea groups is 1. The topological polar surface area (TPSA) is 59.6 Å². The number of amides is 2. The van der Waals surface area contributed by atoms with Crippen molar-refractivity contribution in [1.82, 2.24) is 5.32 Å². The number of para-hydroxylation sites is 2. The van der Waals surface area contributed by atoms with E-state index in [0.717, 1.165) is 12.8 Å². The number of nitrogens with one attached hydrogen (secondary N) is 2. The molecule has 26 heavy (non-hydrogen) atoms. The van der Waals surface area contributed by atoms with Crippen LogP contribution in [0, 0.1) is 0 Å². The van der Waals surface area contributed by atoms with Crippen molar-refractivity contribution in [3.8, 4) is 5.75 Å². The summed E-state index contributed by atoms with van der Waals surface area (Å²) in [7, 11) is 0. The van der Waals surface area contributed by atoms with Gasteiger partial charge in [-0.2, -0.15) is 0 Å². The van der Waals surface area contributed by atoms with E-state index in [1.165, 1.54) is 5.56 Å². The van der Waals surface area contributed by atoms with E-state index in [1.54, 1.807) is 0 Å². The quantitative estimate of drug-likeness (QED) is 0.826. The molecule has 0 bridgehead atoms. The molecule has 3 rings (SSSR count). The summed E-state index contributed by atoms with van der Waals surface area (Å²) in [5.41, 5.74) is 1.84. The van der Waals surface area contributed by atoms with Gasteiger partial charge in [0.05, 0.1) is 12.3 Å². The van der Waals surface area contributed by atoms with Gasteiger partial charge in [0.2, 0.25) is 0 Å². The van der Waals surface area contributed by atoms with Crippen LogP contribution in [0.5, 0.6) is 5.75 Å². The number of anilines is 1. The van der Waals surface area contributed by atoms with Gasteiger partial charge in [-0.05, 0) is 37.5 Å². The number of benzene rings is 2. The summed E-state index contributed by atoms with van der Waals surface area (Å²) in [4.78, 5) is 12.5. The van der Waals surface area contributed by atoms with Crippen LogP contribution in [0.15, 0.2) is 54.6 Å². The fourth-order valence-electron chi connectivity index (χ4n) is 3.39. The Labute approximate surface area is 154 Å². The minimum atomic E-state index is -0.223. The highest BCUT2D eigenvalue weighted by atomic mass is 16.5. The summed E-state index contributed by atoms with van der Waals surface area (Å²) >= 11 is 0. The molecule has 0 radical (unpaired) electrons. The first-order chi connectivity index (χ1) is 12.7. The first-order valence-electron chi connectivity index (χ1n) is 9.13. The number of carbonyl (C=O) groups is 1. The van der Waals surface area contributed by atoms with Crippen molar-refractivity contribution < 1.29 is 14.3 Å². The van der Waals surface area contributed by atoms with Gasteiger partial charge in [-0.25, -0.2) is 4.79 Å². The minimum Gasteiger partial charge on any atom is -0.492 e. The molecule has 0 saturated carbocycles. The second-order valence-corrected chi connectivity index (χ2v) is 6.50. The molecule has 1 aliphatic heterocycles. The van der Waals surface area contributed by atoms with Gasteiger partial charge in [0.15, 0.2) is 0 Å². The lowest BCUT2D eigenvalue weighted by atomic mass is 9.74. The molecule has 5 nitrogen and oxygen atoms in total. The Morgan fingerprint density at radius 3 is 2.50 bits per heavy atom. The lowest BCUT2D eigenvalue weighted by Crippen LogP contribution is -2.45. The van der Waals surface area contributed by atoms with Crippen LogP contribution in [0.25, 0.3) is 0 Å². The fourth-order valence-corrected chi connectivity index (χ4v) is 3.39. The Morgan fingerprint density at radius 2 is 1.77 bits per heavy atom. The van der Waals surface area contributed by atoms with Crippen LogP contribution < -0.4 is 15.4 Å². The van der Waals surface area contributed by atoms with Crippen LogP contribution in [-0.4, -0.2) is 32.4 Å². The van der Waals surface area contributed by atoms with E-state index in [0.29, 0.717) is 37.8 Å². The molecule has 0 unspecified atom stereocenters. The van der Waals surface area contributed by atoms with Gasteiger partial charge in [-0.3, -0.25) is 0 Å². The SMILES string of the molecule is CCOc1ccccc1NC(=O)NCC1(c2ccccc2)CCOCC1. The zero-order valence-corrected chi connectivity index (χ0v) is 15.2. The Hall–Kier alpha value is -2.53. The van der Waals surface area contributed by atoms with Gasteiger partial charge in [0, 0.05) is 25.2 Å². The van der Waals surface area contributed by atoms with Crippen LogP contribution >= 0.6 is 0 Å². The predicted octanol–water partition coefficient (Wildman–Crippen LogP) is 3.96. The molecule has 138 valence electrons. The van der Waals surface area contributed by atoms with Crippen molar-refractivity contribution in [2.75, 3.05) is 31.7 Å². The summed E-state index contributed by atoms with van der Waals surface area (Å²) in [6.07, 6.45) is 1.79. The average Bonchev–Trinajstić information content (AvgIpc) is 2.70. The van der Waals surface area contributed by atoms with Gasteiger partial charge in [-0.1, -0.05) is 42.5 Å². The molecule has 2 N–H and O–H groups in total. The van der Waals surface area contributed by atoms with Crippen molar-refractivity contribution in [2.24, 2.45) is 0 Å². The molecular formula is C21H26N2O3. The first-order valence-corrected chi connectivity index (χ1v) is 9.13. The van der Waals surface area contributed by atoms with Gasteiger partial charge in [0.25, 0.3) is 0 Å². The maximum Gasteiger partial charge on any atom is 0.319 e. The zero-order chi connectivity index (χ0) is 18.2. The molecule has 2 amide bonds. The normalized spacial score (nSPS) is 15.9. The van der Waals surface area contributed by atoms with Crippen molar-refractivity contribution in [3.05, 3.63) is 60.2 Å². The highest BCUT2D eigenvalue weighted by molar-refractivity contribution is 5.90. The molecule has 2 aromatic rings. The van der Waals surface area contributed by atoms with Gasteiger partial charge < -0.3 is 20.1 Å². The number of carbonyl (C=O) groups excluding carboxylic acids is 1. The van der Waals surface area contributed by atoms with Crippen LogP contribution in [-0.2, 0) is 10.2 Å². The Balaban J connectivity index is 1.67. The standard InChI is InChI=1S/C21H26N2O3/c1-2-26-19-11-7-6-10-18(19)23-20(24)22-16-21(12-14-25-15-13-21)17-8-4-3-5-9-17/h3-11H,2,12-16H2,1H3,(H2,22,23,24). The maximum absolute atomic E-state index is 12.5. The first kappa shape index (κ1) is 18.3. The van der Waals surface area contributed by atoms with Crippen molar-refractivity contribution in [1.29, 1.82) is 0 Å². The molecule has 0 spiro atoms. The van der Waals surface area contributed by atoms with Crippen molar-refractivity contribution in [3.63, 3.8) is 0 Å². The Bertz CT molecular complexity index is 712. The number of rotatable bonds is 6. The van der Waals surface area contributed by atoms with E-state index in [4.69, 9.17) is 9.47 Å². The molecular weight excluding hydrogens is 328 g/mol. The van der Waals surface area contributed by atoms with Crippen LogP contribution in [0.2, 0.25) is 0 Å². The second-order valence-electron chi connectivity index (χ2n) is 6.50. The largest absolute Gasteiger partial charge is 0.492 e. The monoisotopic (exact) mass is 354 g/mol. The maximum atomic E-state index is 12.5. The molecule has 1 fully saturated rings. The van der Waals surface area contributed by atoms with Crippen LogP contribution in [0.4, 0.5) is 10.5 Å². The molecule has 0 atom stereocenters. The third-order valence-electron chi connectivity index (χ3n) is 4.86. The molecule has 0 aromatic heterocycles. The Morgan fingerprint density at radius 1 is 1.08 bits per heavy atom. The lowest BCUT2D eigenvalue weighted by Gasteiger charge is -2.38. The smallest absolute Gasteiger partial charge is 0.319 e. The van der Waals surface area contributed by atoms with Gasteiger partial charge in [-0.15, -0.1) is 0 Å². The summed E-state index contributed by atoms with van der Waals surface area (Å²) < 4.78 is 11.1. The fraction of sp³-hybridized carbons (Fsp3) is 0.381. The molecule has 0 aliphatic carbocycles. The second kappa shape index (κ2) is 8.72. The minimum absolute atomic E-state index is 0.0870. The Kier molecular flexibility index (Phi) is 6.12. The van der Waals surface area contributed by atoms with E-state index < -0.39 is 0 Å². The van der Waals surface area contributed by atoms with Crippen molar-refractivity contribution >= 4 is 11.7 Å². The third kappa shape index (κ3) is 4.35. The van der Waals surface area contributed by atoms with E-state index in [9.17, 15) is 4.79 Å². The lowest BCUT2D eigenvalue weighted by molar-refractivity contribution is 0.0508. The average molecular weight is 354 g/mol. The number of hydrogen-bond acceptors (Lipinski definition) is 3. The van der Waals surface area contributed by atoms with E-state index in [2.05, 4.69) is 22.8 Å². The van der Waals surface area contributed by atoms with Crippen molar-refractivity contribution in [2.45, 2.75) is 25.2 Å². The van der Waals surface area contributed by atoms with E-state index in [-0.39, 0.29) is 11.4 Å². The molecule has 1 aliphatic rings. The zero-order valence-electron chi connectivity index (χ0n) is 15.2. The highest BCUT2D eigenvalue weighted by Gasteiger charge is 2.34. The van der Waals surface area contributed by atoms with E-state index >= 15 is 0 Å². The van der Waals surface area contributed by atoms with E-state index in [1.807, 2.05) is 49.4 Å². The summed E-state index contributed by atoms with van der Waals surface area (Å²) in [6, 6.07) is 17.6. The van der Waals surface area contributed by atoms with Crippen LogP contribution in [0.1, 0.15) is 25.3 Å². The molecule has 2 aromatic carbocycles. The van der Waals surface area contributed by atoms with Gasteiger partial charge in [0.1, 0.15) is 5.75 Å². The third-order valence-corrected chi connectivity index (χ3v) is 4.86. The summed E-state index contributed by atoms with van der Waals surface area (Å²) in [5, 5.41) is 5.95. The van der Waals surface area contributed by atoms with Crippen LogP contribution in [0.3, 0.4) is 0 Å². The molecule has 5 heteroatoms. The highest BCUT2D eigenvalue weighted by Crippen LogP contribution is 2.34. The predicted molar refractivity (Wildman–Crippen MR) is 103 cm³/mol. The number of hydrogen-bond donors (Lipinski definition) is 2. The molecule has 1 saturated heterocycles. The number of ether oxygens (including phenoxy) is 2. The summed E-state index contributed by atoms with van der Waals surface area (Å²) in [5.74, 6) is 0.675. The van der Waals surface area contributed by atoms with Gasteiger partial charge >= 0.3 is 6.03 Å². The summed E-state index contributed by atoms with van der Waals surface area (Å²) in [6.45, 7) is 4.47. The molecule has 1 heterocycles.